The summed E-state index contributed by atoms with van der Waals surface area (Å²) < 4.78 is 0. The Morgan fingerprint density at radius 1 is 1.19 bits per heavy atom. The Balaban J connectivity index is 1.75. The summed E-state index contributed by atoms with van der Waals surface area (Å²) in [5.74, 6) is -1.24. The molecule has 0 saturated heterocycles. The van der Waals surface area contributed by atoms with E-state index in [1.54, 1.807) is 0 Å². The Kier molecular flexibility index (Phi) is 10.6. The van der Waals surface area contributed by atoms with E-state index in [9.17, 15) is 14.4 Å². The van der Waals surface area contributed by atoms with Crippen molar-refractivity contribution in [3.63, 3.8) is 0 Å². The summed E-state index contributed by atoms with van der Waals surface area (Å²) in [4.78, 5) is 35.7. The molecular formula is C23H37N5O4. The van der Waals surface area contributed by atoms with Crippen molar-refractivity contribution in [2.24, 2.45) is 23.3 Å². The van der Waals surface area contributed by atoms with Gasteiger partial charge in [0.05, 0.1) is 6.04 Å². The first kappa shape index (κ1) is 25.8. The van der Waals surface area contributed by atoms with Crippen LogP contribution < -0.4 is 22.2 Å². The molecule has 0 aromatic heterocycles. The molecule has 178 valence electrons. The van der Waals surface area contributed by atoms with Crippen molar-refractivity contribution in [3.8, 4) is 0 Å². The number of carboxylic acids is 1. The Labute approximate surface area is 189 Å². The molecule has 4 atom stereocenters. The first-order chi connectivity index (χ1) is 15.3. The molecule has 1 aromatic rings. The quantitative estimate of drug-likeness (QED) is 0.195. The highest BCUT2D eigenvalue weighted by Gasteiger charge is 2.43. The number of amides is 2. The number of aliphatic carboxylic acids is 1. The van der Waals surface area contributed by atoms with E-state index in [0.29, 0.717) is 13.0 Å². The minimum absolute atomic E-state index is 0.0562. The Morgan fingerprint density at radius 3 is 2.53 bits per heavy atom. The van der Waals surface area contributed by atoms with Crippen molar-refractivity contribution in [2.45, 2.75) is 57.0 Å². The maximum absolute atomic E-state index is 12.6. The molecule has 1 fully saturated rings. The third-order valence-corrected chi connectivity index (χ3v) is 5.88. The van der Waals surface area contributed by atoms with Crippen LogP contribution in [0, 0.1) is 11.8 Å². The van der Waals surface area contributed by atoms with E-state index >= 15 is 0 Å². The molecular weight excluding hydrogens is 410 g/mol. The standard InChI is InChI=1S/C23H37N5O4/c1-28(15-22(30)31)27-21(29)13-20(18-12-17(18)14-24)26-23(32)19(25)11-7-3-6-10-16-8-4-2-5-9-16/h2,4-5,8-9,17-20H,3,6-7,10-15,24-25H2,1H3,(H,26,32)(H,27,29)(H,30,31)/t17-,18-,19-,20+/m0/s1. The van der Waals surface area contributed by atoms with Crippen LogP contribution in [0.25, 0.3) is 0 Å². The number of likely N-dealkylation sites (N-methyl/N-ethyl adjacent to an activating group) is 1. The number of nitrogens with zero attached hydrogens (tertiary/aromatic N) is 1. The van der Waals surface area contributed by atoms with Gasteiger partial charge in [-0.15, -0.1) is 0 Å². The molecule has 1 aliphatic rings. The van der Waals surface area contributed by atoms with Crippen molar-refractivity contribution in [3.05, 3.63) is 35.9 Å². The van der Waals surface area contributed by atoms with E-state index in [-0.39, 0.29) is 42.7 Å². The van der Waals surface area contributed by atoms with Gasteiger partial charge in [0.1, 0.15) is 6.54 Å². The number of carbonyl (C=O) groups is 3. The van der Waals surface area contributed by atoms with Crippen LogP contribution in [0.5, 0.6) is 0 Å². The molecule has 0 heterocycles. The molecule has 0 unspecified atom stereocenters. The monoisotopic (exact) mass is 447 g/mol. The number of nitrogens with one attached hydrogen (secondary N) is 2. The van der Waals surface area contributed by atoms with Gasteiger partial charge in [0.2, 0.25) is 11.8 Å². The molecule has 0 aliphatic heterocycles. The Morgan fingerprint density at radius 2 is 1.91 bits per heavy atom. The van der Waals surface area contributed by atoms with Gasteiger partial charge in [-0.1, -0.05) is 43.2 Å². The van der Waals surface area contributed by atoms with E-state index in [1.165, 1.54) is 17.6 Å². The lowest BCUT2D eigenvalue weighted by molar-refractivity contribution is -0.139. The van der Waals surface area contributed by atoms with Crippen molar-refractivity contribution < 1.29 is 19.5 Å². The number of nitrogens with two attached hydrogens (primary N) is 2. The fourth-order valence-corrected chi connectivity index (χ4v) is 3.98. The van der Waals surface area contributed by atoms with Crippen LogP contribution in [0.15, 0.2) is 30.3 Å². The van der Waals surface area contributed by atoms with Gasteiger partial charge in [0, 0.05) is 19.5 Å². The second-order valence-electron chi connectivity index (χ2n) is 8.69. The first-order valence-corrected chi connectivity index (χ1v) is 11.3. The zero-order valence-corrected chi connectivity index (χ0v) is 18.8. The molecule has 9 nitrogen and oxygen atoms in total. The summed E-state index contributed by atoms with van der Waals surface area (Å²) in [5, 5.41) is 13.0. The number of aryl methyl sites for hydroxylation is 1. The normalized spacial score (nSPS) is 19.2. The van der Waals surface area contributed by atoms with Crippen LogP contribution in [0.2, 0.25) is 0 Å². The average Bonchev–Trinajstić information content (AvgIpc) is 3.52. The Hall–Kier alpha value is -2.49. The number of carboxylic acid groups (broad SMARTS) is 1. The number of hydrogen-bond acceptors (Lipinski definition) is 6. The average molecular weight is 448 g/mol. The molecule has 0 spiro atoms. The largest absolute Gasteiger partial charge is 0.480 e. The number of hydrazine groups is 1. The van der Waals surface area contributed by atoms with Crippen LogP contribution in [-0.2, 0) is 20.8 Å². The first-order valence-electron chi connectivity index (χ1n) is 11.3. The van der Waals surface area contributed by atoms with Crippen molar-refractivity contribution in [1.29, 1.82) is 0 Å². The summed E-state index contributed by atoms with van der Waals surface area (Å²) in [6, 6.07) is 9.31. The molecule has 1 saturated carbocycles. The van der Waals surface area contributed by atoms with Crippen LogP contribution >= 0.6 is 0 Å². The van der Waals surface area contributed by atoms with Gasteiger partial charge in [-0.3, -0.25) is 19.8 Å². The van der Waals surface area contributed by atoms with Gasteiger partial charge in [0.15, 0.2) is 0 Å². The number of hydrogen-bond donors (Lipinski definition) is 5. The third kappa shape index (κ3) is 9.33. The lowest BCUT2D eigenvalue weighted by Crippen LogP contribution is -2.50. The van der Waals surface area contributed by atoms with Crippen molar-refractivity contribution in [1.82, 2.24) is 15.8 Å². The van der Waals surface area contributed by atoms with Crippen molar-refractivity contribution >= 4 is 17.8 Å². The van der Waals surface area contributed by atoms with E-state index in [2.05, 4.69) is 22.9 Å². The van der Waals surface area contributed by atoms with Gasteiger partial charge in [-0.25, -0.2) is 5.01 Å². The fraction of sp³-hybridized carbons (Fsp3) is 0.609. The molecule has 1 aliphatic carbocycles. The molecule has 0 radical (unpaired) electrons. The van der Waals surface area contributed by atoms with Gasteiger partial charge in [0.25, 0.3) is 0 Å². The smallest absolute Gasteiger partial charge is 0.319 e. The van der Waals surface area contributed by atoms with Crippen molar-refractivity contribution in [2.75, 3.05) is 20.1 Å². The summed E-state index contributed by atoms with van der Waals surface area (Å²) in [5.41, 5.74) is 15.7. The number of benzene rings is 1. The van der Waals surface area contributed by atoms with Gasteiger partial charge in [-0.2, -0.15) is 0 Å². The van der Waals surface area contributed by atoms with Gasteiger partial charge in [-0.05, 0) is 49.6 Å². The maximum Gasteiger partial charge on any atom is 0.319 e. The van der Waals surface area contributed by atoms with E-state index < -0.39 is 12.0 Å². The van der Waals surface area contributed by atoms with Crippen LogP contribution in [-0.4, -0.2) is 60.1 Å². The van der Waals surface area contributed by atoms with E-state index in [4.69, 9.17) is 16.6 Å². The fourth-order valence-electron chi connectivity index (χ4n) is 3.98. The molecule has 1 aromatic carbocycles. The number of carbonyl (C=O) groups excluding carboxylic acids is 2. The highest BCUT2D eigenvalue weighted by atomic mass is 16.4. The van der Waals surface area contributed by atoms with E-state index in [1.807, 2.05) is 18.2 Å². The summed E-state index contributed by atoms with van der Waals surface area (Å²) in [6.07, 6.45) is 5.42. The number of unbranched alkanes of at least 4 members (excludes halogenated alkanes) is 2. The zero-order chi connectivity index (χ0) is 23.5. The second kappa shape index (κ2) is 13.1. The lowest BCUT2D eigenvalue weighted by atomic mass is 10.0. The highest BCUT2D eigenvalue weighted by molar-refractivity contribution is 5.83. The molecule has 32 heavy (non-hydrogen) atoms. The van der Waals surface area contributed by atoms with Crippen LogP contribution in [0.1, 0.15) is 44.1 Å². The topological polar surface area (TPSA) is 151 Å². The van der Waals surface area contributed by atoms with Crippen LogP contribution in [0.3, 0.4) is 0 Å². The minimum Gasteiger partial charge on any atom is -0.480 e. The minimum atomic E-state index is -1.04. The molecule has 0 bridgehead atoms. The number of rotatable bonds is 15. The maximum atomic E-state index is 12.6. The van der Waals surface area contributed by atoms with E-state index in [0.717, 1.165) is 32.1 Å². The second-order valence-corrected chi connectivity index (χ2v) is 8.69. The predicted octanol–water partition coefficient (Wildman–Crippen LogP) is 0.634. The summed E-state index contributed by atoms with van der Waals surface area (Å²) in [6.45, 7) is 0.192. The predicted molar refractivity (Wildman–Crippen MR) is 122 cm³/mol. The summed E-state index contributed by atoms with van der Waals surface area (Å²) in [7, 11) is 1.48. The van der Waals surface area contributed by atoms with Crippen LogP contribution in [0.4, 0.5) is 0 Å². The summed E-state index contributed by atoms with van der Waals surface area (Å²) >= 11 is 0. The molecule has 7 N–H and O–H groups in total. The third-order valence-electron chi connectivity index (χ3n) is 5.88. The highest BCUT2D eigenvalue weighted by Crippen LogP contribution is 2.41. The SMILES string of the molecule is CN(CC(=O)O)NC(=O)C[C@@H](NC(=O)[C@@H](N)CCCCCc1ccccc1)[C@H]1C[C@H]1CN. The zero-order valence-electron chi connectivity index (χ0n) is 18.8. The lowest BCUT2D eigenvalue weighted by Gasteiger charge is -2.23. The van der Waals surface area contributed by atoms with Gasteiger partial charge < -0.3 is 21.9 Å². The Bertz CT molecular complexity index is 745. The molecule has 2 rings (SSSR count). The van der Waals surface area contributed by atoms with Gasteiger partial charge >= 0.3 is 5.97 Å². The molecule has 9 heteroatoms. The molecule has 2 amide bonds.